The van der Waals surface area contributed by atoms with Crippen LogP contribution in [0.3, 0.4) is 0 Å². The van der Waals surface area contributed by atoms with Gasteiger partial charge >= 0.3 is 23.9 Å². The predicted molar refractivity (Wildman–Crippen MR) is 201 cm³/mol. The maximum Gasteiger partial charge on any atom is 0.322 e. The van der Waals surface area contributed by atoms with Crippen molar-refractivity contribution >= 4 is 81.0 Å². The molecule has 0 radical (unpaired) electrons. The molecule has 0 amide bonds. The second kappa shape index (κ2) is 17.8. The van der Waals surface area contributed by atoms with Crippen LogP contribution in [-0.2, 0) is 38.1 Å². The lowest BCUT2D eigenvalue weighted by Gasteiger charge is -2.50. The standard InChI is InChI=1S/C34H58Br2N2O8S2/c1-31(2,19-33(5,35)29(41)43-17-15-37(7)8)27(39)45-23-21-13-11-12-14-22(21)24(26(48)25(23)47)46-28(40)32(3,4)20-34(6,36)30(42)44-18-16-38(9)10/h21-26,47-48H,11-20H2,1-10H3/t21?,22?,23?,24?,25-,26-,33?,34?/m1/s1. The summed E-state index contributed by atoms with van der Waals surface area (Å²) in [5.74, 6) is -1.91. The summed E-state index contributed by atoms with van der Waals surface area (Å²) in [6.45, 7) is 12.1. The van der Waals surface area contributed by atoms with Crippen LogP contribution in [0.15, 0.2) is 0 Å². The van der Waals surface area contributed by atoms with E-state index in [2.05, 4.69) is 31.9 Å². The fourth-order valence-corrected chi connectivity index (χ4v) is 9.21. The Labute approximate surface area is 315 Å². The SMILES string of the molecule is CN(C)CCOC(=O)C(C)(Br)CC(C)(C)C(=O)OC1C2CCCCC2C(OC(=O)C(C)(C)CC(C)(Br)C(=O)OCCN(C)C)[C@@H](S)[C@@H]1S. The number of ether oxygens (including phenoxy) is 4. The summed E-state index contributed by atoms with van der Waals surface area (Å²) in [4.78, 5) is 57.1. The Hall–Kier alpha value is -0.540. The summed E-state index contributed by atoms with van der Waals surface area (Å²) in [6.07, 6.45) is 2.73. The zero-order valence-corrected chi connectivity index (χ0v) is 35.3. The van der Waals surface area contributed by atoms with Gasteiger partial charge in [0.1, 0.15) is 34.1 Å². The molecule has 0 spiro atoms. The van der Waals surface area contributed by atoms with Crippen LogP contribution in [0.25, 0.3) is 0 Å². The fraction of sp³-hybridized carbons (Fsp3) is 0.882. The van der Waals surface area contributed by atoms with E-state index in [0.717, 1.165) is 25.7 Å². The van der Waals surface area contributed by atoms with E-state index in [4.69, 9.17) is 44.2 Å². The van der Waals surface area contributed by atoms with Crippen LogP contribution in [0, 0.1) is 22.7 Å². The highest BCUT2D eigenvalue weighted by molar-refractivity contribution is 9.10. The van der Waals surface area contributed by atoms with E-state index in [9.17, 15) is 19.2 Å². The van der Waals surface area contributed by atoms with Crippen LogP contribution in [0.5, 0.6) is 0 Å². The molecule has 0 bridgehead atoms. The average Bonchev–Trinajstić information content (AvgIpc) is 2.95. The Morgan fingerprint density at radius 1 is 0.625 bits per heavy atom. The maximum absolute atomic E-state index is 13.8. The van der Waals surface area contributed by atoms with Gasteiger partial charge < -0.3 is 28.7 Å². The molecule has 0 aromatic carbocycles. The number of carbonyl (C=O) groups is 4. The highest BCUT2D eigenvalue weighted by Crippen LogP contribution is 2.48. The second-order valence-corrected chi connectivity index (χ2v) is 20.4. The van der Waals surface area contributed by atoms with Crippen molar-refractivity contribution in [1.29, 1.82) is 0 Å². The summed E-state index contributed by atoms with van der Waals surface area (Å²) in [6, 6.07) is 0. The first kappa shape index (κ1) is 43.6. The number of alkyl halides is 2. The smallest absolute Gasteiger partial charge is 0.322 e. The number of halogens is 2. The number of hydrogen-bond acceptors (Lipinski definition) is 12. The van der Waals surface area contributed by atoms with Crippen LogP contribution in [0.4, 0.5) is 0 Å². The van der Waals surface area contributed by atoms with Crippen LogP contribution < -0.4 is 0 Å². The Morgan fingerprint density at radius 3 is 1.23 bits per heavy atom. The molecule has 10 nitrogen and oxygen atoms in total. The van der Waals surface area contributed by atoms with Gasteiger partial charge in [-0.3, -0.25) is 19.2 Å². The van der Waals surface area contributed by atoms with E-state index >= 15 is 0 Å². The van der Waals surface area contributed by atoms with Crippen LogP contribution in [0.1, 0.15) is 80.1 Å². The van der Waals surface area contributed by atoms with Crippen molar-refractivity contribution in [3.05, 3.63) is 0 Å². The van der Waals surface area contributed by atoms with Crippen LogP contribution in [0.2, 0.25) is 0 Å². The van der Waals surface area contributed by atoms with Crippen molar-refractivity contribution in [1.82, 2.24) is 9.80 Å². The van der Waals surface area contributed by atoms with Crippen molar-refractivity contribution in [2.75, 3.05) is 54.5 Å². The number of likely N-dealkylation sites (N-methyl/N-ethyl adjacent to an activating group) is 2. The third-order valence-corrected chi connectivity index (χ3v) is 11.9. The second-order valence-electron chi connectivity index (χ2n) is 15.7. The molecule has 0 saturated heterocycles. The first-order valence-corrected chi connectivity index (χ1v) is 19.3. The maximum atomic E-state index is 13.8. The molecule has 2 aliphatic carbocycles. The summed E-state index contributed by atoms with van der Waals surface area (Å²) >= 11 is 16.8. The molecule has 2 fully saturated rings. The van der Waals surface area contributed by atoms with Crippen LogP contribution >= 0.6 is 57.1 Å². The minimum Gasteiger partial charge on any atom is -0.463 e. The Bertz CT molecular complexity index is 1050. The highest BCUT2D eigenvalue weighted by atomic mass is 79.9. The van der Waals surface area contributed by atoms with Crippen molar-refractivity contribution in [3.63, 3.8) is 0 Å². The average molecular weight is 847 g/mol. The number of esters is 4. The third-order valence-electron chi connectivity index (χ3n) is 9.28. The van der Waals surface area contributed by atoms with Gasteiger partial charge in [-0.2, -0.15) is 25.3 Å². The Kier molecular flexibility index (Phi) is 16.2. The molecular weight excluding hydrogens is 788 g/mol. The van der Waals surface area contributed by atoms with Gasteiger partial charge in [0.25, 0.3) is 0 Å². The molecule has 0 aromatic rings. The lowest BCUT2D eigenvalue weighted by Crippen LogP contribution is -2.59. The molecule has 0 N–H and O–H groups in total. The van der Waals surface area contributed by atoms with Gasteiger partial charge in [-0.1, -0.05) is 44.7 Å². The van der Waals surface area contributed by atoms with Gasteiger partial charge in [0.05, 0.1) is 21.3 Å². The molecule has 0 heterocycles. The largest absolute Gasteiger partial charge is 0.463 e. The van der Waals surface area contributed by atoms with E-state index in [0.29, 0.717) is 13.1 Å². The van der Waals surface area contributed by atoms with Gasteiger partial charge in [0, 0.05) is 24.9 Å². The molecular formula is C34H58Br2N2O8S2. The number of hydrogen-bond donors (Lipinski definition) is 2. The monoisotopic (exact) mass is 844 g/mol. The van der Waals surface area contributed by atoms with Gasteiger partial charge in [-0.25, -0.2) is 0 Å². The Morgan fingerprint density at radius 2 is 0.938 bits per heavy atom. The number of rotatable bonds is 16. The van der Waals surface area contributed by atoms with Gasteiger partial charge in [0.15, 0.2) is 0 Å². The number of fused-ring (bicyclic) bond motifs is 1. The first-order valence-electron chi connectivity index (χ1n) is 16.7. The molecule has 8 atom stereocenters. The normalized spacial score (nSPS) is 27.3. The van der Waals surface area contributed by atoms with Crippen LogP contribution in [-0.4, -0.2) is 120 Å². The molecule has 0 aliphatic heterocycles. The van der Waals surface area contributed by atoms with Gasteiger partial charge in [-0.15, -0.1) is 0 Å². The molecule has 48 heavy (non-hydrogen) atoms. The lowest BCUT2D eigenvalue weighted by molar-refractivity contribution is -0.181. The Balaban J connectivity index is 2.15. The number of carbonyl (C=O) groups excluding carboxylic acids is 4. The first-order chi connectivity index (χ1) is 21.9. The van der Waals surface area contributed by atoms with E-state index in [1.165, 1.54) is 0 Å². The number of thiol groups is 2. The topological polar surface area (TPSA) is 112 Å². The molecule has 2 rings (SSSR count). The summed E-state index contributed by atoms with van der Waals surface area (Å²) < 4.78 is 21.3. The molecule has 14 heteroatoms. The molecule has 2 saturated carbocycles. The van der Waals surface area contributed by atoms with Gasteiger partial charge in [0.2, 0.25) is 0 Å². The highest BCUT2D eigenvalue weighted by Gasteiger charge is 2.54. The zero-order chi connectivity index (χ0) is 36.8. The molecule has 6 unspecified atom stereocenters. The zero-order valence-electron chi connectivity index (χ0n) is 30.3. The summed E-state index contributed by atoms with van der Waals surface area (Å²) in [5, 5.41) is -1.01. The minimum absolute atomic E-state index is 0.0789. The summed E-state index contributed by atoms with van der Waals surface area (Å²) in [7, 11) is 7.59. The molecule has 278 valence electrons. The minimum atomic E-state index is -1.09. The van der Waals surface area contributed by atoms with E-state index < -0.39 is 66.1 Å². The van der Waals surface area contributed by atoms with Crippen molar-refractivity contribution in [2.45, 2.75) is 111 Å². The number of nitrogens with zero attached hydrogens (tertiary/aromatic N) is 2. The molecule has 2 aliphatic rings. The van der Waals surface area contributed by atoms with E-state index in [1.54, 1.807) is 41.5 Å². The van der Waals surface area contributed by atoms with Crippen molar-refractivity contribution < 1.29 is 38.1 Å². The van der Waals surface area contributed by atoms with E-state index in [-0.39, 0.29) is 37.9 Å². The summed E-state index contributed by atoms with van der Waals surface area (Å²) in [5.41, 5.74) is -2.04. The molecule has 0 aromatic heterocycles. The van der Waals surface area contributed by atoms with Crippen molar-refractivity contribution in [2.24, 2.45) is 22.7 Å². The quantitative estimate of drug-likeness (QED) is 0.0886. The van der Waals surface area contributed by atoms with E-state index in [1.807, 2.05) is 38.0 Å². The lowest BCUT2D eigenvalue weighted by atomic mass is 9.67. The fourth-order valence-electron chi connectivity index (χ4n) is 6.67. The van der Waals surface area contributed by atoms with Gasteiger partial charge in [-0.05, 0) is 95.4 Å². The van der Waals surface area contributed by atoms with Crippen molar-refractivity contribution in [3.8, 4) is 0 Å². The predicted octanol–water partition coefficient (Wildman–Crippen LogP) is 5.58. The third kappa shape index (κ3) is 12.0.